The molecule has 9 heteroatoms. The van der Waals surface area contributed by atoms with Gasteiger partial charge in [-0.2, -0.15) is 10.4 Å². The number of para-hydroxylation sites is 1. The van der Waals surface area contributed by atoms with Crippen LogP contribution in [0.4, 0.5) is 11.4 Å². The maximum Gasteiger partial charge on any atom is 0.265 e. The van der Waals surface area contributed by atoms with Crippen molar-refractivity contribution in [2.24, 2.45) is 5.92 Å². The molecule has 3 aromatic rings. The second kappa shape index (κ2) is 10.2. The summed E-state index contributed by atoms with van der Waals surface area (Å²) in [5.41, 5.74) is 1.51. The molecule has 1 aromatic heterocycles. The van der Waals surface area contributed by atoms with Gasteiger partial charge in [0.2, 0.25) is 5.91 Å². The summed E-state index contributed by atoms with van der Waals surface area (Å²) >= 11 is 0. The Morgan fingerprint density at radius 3 is 2.19 bits per heavy atom. The van der Waals surface area contributed by atoms with Crippen molar-refractivity contribution in [1.82, 2.24) is 14.8 Å². The van der Waals surface area contributed by atoms with Crippen molar-refractivity contribution < 1.29 is 14.3 Å². The molecule has 32 heavy (non-hydrogen) atoms. The number of amides is 2. The monoisotopic (exact) mass is 432 g/mol. The molecule has 2 N–H and O–H groups in total. The minimum atomic E-state index is -0.785. The van der Waals surface area contributed by atoms with Crippen LogP contribution in [0, 0.1) is 17.2 Å². The van der Waals surface area contributed by atoms with Crippen LogP contribution < -0.4 is 15.4 Å². The average Bonchev–Trinajstić information content (AvgIpc) is 3.33. The van der Waals surface area contributed by atoms with E-state index in [2.05, 4.69) is 26.8 Å². The number of nitriles is 1. The van der Waals surface area contributed by atoms with Gasteiger partial charge < -0.3 is 15.4 Å². The minimum absolute atomic E-state index is 0.126. The minimum Gasteiger partial charge on any atom is -0.479 e. The van der Waals surface area contributed by atoms with E-state index in [1.807, 2.05) is 13.8 Å². The Kier molecular flexibility index (Phi) is 7.18. The van der Waals surface area contributed by atoms with E-state index >= 15 is 0 Å². The lowest BCUT2D eigenvalue weighted by Crippen LogP contribution is -2.37. The number of aromatic nitrogens is 3. The summed E-state index contributed by atoms with van der Waals surface area (Å²) in [5, 5.41) is 18.8. The lowest BCUT2D eigenvalue weighted by molar-refractivity contribution is -0.124. The number of carbonyl (C=O) groups is 2. The second-order valence-electron chi connectivity index (χ2n) is 7.50. The predicted octanol–water partition coefficient (Wildman–Crippen LogP) is 3.39. The van der Waals surface area contributed by atoms with E-state index < -0.39 is 12.1 Å². The maximum absolute atomic E-state index is 12.8. The summed E-state index contributed by atoms with van der Waals surface area (Å²) in [6.07, 6.45) is 2.06. The van der Waals surface area contributed by atoms with Crippen LogP contribution in [0.3, 0.4) is 0 Å². The quantitative estimate of drug-likeness (QED) is 0.563. The van der Waals surface area contributed by atoms with Gasteiger partial charge in [-0.3, -0.25) is 9.59 Å². The van der Waals surface area contributed by atoms with Crippen molar-refractivity contribution >= 4 is 23.2 Å². The van der Waals surface area contributed by atoms with Crippen molar-refractivity contribution in [2.75, 3.05) is 10.6 Å². The molecular weight excluding hydrogens is 408 g/mol. The summed E-state index contributed by atoms with van der Waals surface area (Å²) < 4.78 is 7.32. The van der Waals surface area contributed by atoms with Gasteiger partial charge in [-0.25, -0.2) is 9.67 Å². The highest BCUT2D eigenvalue weighted by atomic mass is 16.5. The average molecular weight is 432 g/mol. The summed E-state index contributed by atoms with van der Waals surface area (Å²) in [6, 6.07) is 15.1. The molecule has 0 radical (unpaired) electrons. The van der Waals surface area contributed by atoms with Crippen molar-refractivity contribution in [3.05, 3.63) is 66.7 Å². The van der Waals surface area contributed by atoms with Gasteiger partial charge in [0.15, 0.2) is 6.10 Å². The number of carbonyl (C=O) groups excluding carboxylic acids is 2. The van der Waals surface area contributed by atoms with Gasteiger partial charge in [0.1, 0.15) is 30.5 Å². The molecule has 3 rings (SSSR count). The van der Waals surface area contributed by atoms with E-state index in [9.17, 15) is 14.9 Å². The van der Waals surface area contributed by atoms with E-state index in [1.165, 1.54) is 17.3 Å². The van der Waals surface area contributed by atoms with Gasteiger partial charge in [0.25, 0.3) is 5.91 Å². The zero-order chi connectivity index (χ0) is 23.1. The van der Waals surface area contributed by atoms with E-state index in [0.717, 1.165) is 0 Å². The predicted molar refractivity (Wildman–Crippen MR) is 119 cm³/mol. The molecule has 0 saturated heterocycles. The fourth-order valence-corrected chi connectivity index (χ4v) is 2.93. The molecule has 9 nitrogen and oxygen atoms in total. The third-order valence-electron chi connectivity index (χ3n) is 4.76. The van der Waals surface area contributed by atoms with Crippen molar-refractivity contribution in [3.63, 3.8) is 0 Å². The SMILES string of the molecule is CC(C)C(Oc1ccccc1C#N)C(=O)Nc1ccc(NC(=O)C(C)n2cncn2)cc1. The second-order valence-corrected chi connectivity index (χ2v) is 7.50. The van der Waals surface area contributed by atoms with Crippen molar-refractivity contribution in [3.8, 4) is 11.8 Å². The molecule has 0 saturated carbocycles. The lowest BCUT2D eigenvalue weighted by atomic mass is 10.1. The molecule has 0 bridgehead atoms. The fourth-order valence-electron chi connectivity index (χ4n) is 2.93. The summed E-state index contributed by atoms with van der Waals surface area (Å²) in [5.74, 6) is -0.331. The molecule has 1 heterocycles. The van der Waals surface area contributed by atoms with Crippen molar-refractivity contribution in [1.29, 1.82) is 5.26 Å². The maximum atomic E-state index is 12.8. The highest BCUT2D eigenvalue weighted by Gasteiger charge is 2.25. The van der Waals surface area contributed by atoms with Crippen LogP contribution in [0.5, 0.6) is 5.75 Å². The lowest BCUT2D eigenvalue weighted by Gasteiger charge is -2.22. The Hall–Kier alpha value is -4.19. The summed E-state index contributed by atoms with van der Waals surface area (Å²) in [4.78, 5) is 29.0. The highest BCUT2D eigenvalue weighted by molar-refractivity contribution is 5.96. The van der Waals surface area contributed by atoms with Gasteiger partial charge in [-0.15, -0.1) is 0 Å². The molecule has 0 spiro atoms. The van der Waals surface area contributed by atoms with Crippen molar-refractivity contribution in [2.45, 2.75) is 32.9 Å². The number of nitrogens with one attached hydrogen (secondary N) is 2. The third-order valence-corrected chi connectivity index (χ3v) is 4.76. The summed E-state index contributed by atoms with van der Waals surface area (Å²) in [7, 11) is 0. The number of hydrogen-bond donors (Lipinski definition) is 2. The highest BCUT2D eigenvalue weighted by Crippen LogP contribution is 2.22. The molecule has 0 aliphatic heterocycles. The molecule has 164 valence electrons. The molecule has 2 amide bonds. The molecule has 2 unspecified atom stereocenters. The topological polar surface area (TPSA) is 122 Å². The number of hydrogen-bond acceptors (Lipinski definition) is 6. The van der Waals surface area contributed by atoms with Gasteiger partial charge in [0.05, 0.1) is 5.56 Å². The third kappa shape index (κ3) is 5.49. The molecule has 2 aromatic carbocycles. The van der Waals surface area contributed by atoms with Crippen LogP contribution >= 0.6 is 0 Å². The smallest absolute Gasteiger partial charge is 0.265 e. The first-order chi connectivity index (χ1) is 15.4. The zero-order valence-electron chi connectivity index (χ0n) is 18.0. The Balaban J connectivity index is 1.63. The number of ether oxygens (including phenoxy) is 1. The van der Waals surface area contributed by atoms with Gasteiger partial charge in [-0.05, 0) is 49.2 Å². The van der Waals surface area contributed by atoms with Crippen LogP contribution in [0.15, 0.2) is 61.2 Å². The molecule has 0 aliphatic carbocycles. The first-order valence-corrected chi connectivity index (χ1v) is 10.1. The van der Waals surface area contributed by atoms with Crippen LogP contribution in [0.2, 0.25) is 0 Å². The van der Waals surface area contributed by atoms with E-state index in [1.54, 1.807) is 55.5 Å². The number of benzene rings is 2. The van der Waals surface area contributed by atoms with Gasteiger partial charge in [0, 0.05) is 11.4 Å². The number of anilines is 2. The zero-order valence-corrected chi connectivity index (χ0v) is 18.0. The number of nitrogens with zero attached hydrogens (tertiary/aromatic N) is 4. The Bertz CT molecular complexity index is 1100. The van der Waals surface area contributed by atoms with Crippen LogP contribution in [0.1, 0.15) is 32.4 Å². The standard InChI is InChI=1S/C23H24N6O3/c1-15(2)21(32-20-7-5-4-6-17(20)12-24)23(31)28-19-10-8-18(9-11-19)27-22(30)16(3)29-14-25-13-26-29/h4-11,13-16,21H,1-3H3,(H,27,30)(H,28,31). The fraction of sp³-hybridized carbons (Fsp3) is 0.261. The largest absolute Gasteiger partial charge is 0.479 e. The Morgan fingerprint density at radius 1 is 1.00 bits per heavy atom. The molecule has 2 atom stereocenters. The van der Waals surface area contributed by atoms with E-state index in [0.29, 0.717) is 22.7 Å². The van der Waals surface area contributed by atoms with Gasteiger partial charge in [-0.1, -0.05) is 26.0 Å². The van der Waals surface area contributed by atoms with Crippen LogP contribution in [-0.2, 0) is 9.59 Å². The first-order valence-electron chi connectivity index (χ1n) is 10.1. The van der Waals surface area contributed by atoms with E-state index in [-0.39, 0.29) is 17.7 Å². The Morgan fingerprint density at radius 2 is 1.62 bits per heavy atom. The van der Waals surface area contributed by atoms with Gasteiger partial charge >= 0.3 is 0 Å². The Labute approximate surface area is 186 Å². The normalized spacial score (nSPS) is 12.5. The number of rotatable bonds is 8. The molecule has 0 fully saturated rings. The van der Waals surface area contributed by atoms with E-state index in [4.69, 9.17) is 4.74 Å². The first kappa shape index (κ1) is 22.5. The van der Waals surface area contributed by atoms with Crippen LogP contribution in [0.25, 0.3) is 0 Å². The molecular formula is C23H24N6O3. The summed E-state index contributed by atoms with van der Waals surface area (Å²) in [6.45, 7) is 5.46. The molecule has 0 aliphatic rings. The van der Waals surface area contributed by atoms with Crippen LogP contribution in [-0.4, -0.2) is 32.7 Å².